The number of nitro groups is 1. The lowest BCUT2D eigenvalue weighted by atomic mass is 9.97. The van der Waals surface area contributed by atoms with Crippen molar-refractivity contribution in [1.29, 1.82) is 0 Å². The van der Waals surface area contributed by atoms with Crippen molar-refractivity contribution in [2.24, 2.45) is 5.92 Å². The third-order valence-corrected chi connectivity index (χ3v) is 4.25. The molecule has 1 heterocycles. The van der Waals surface area contributed by atoms with E-state index in [1.165, 1.54) is 37.8 Å². The van der Waals surface area contributed by atoms with Crippen molar-refractivity contribution >= 4 is 22.8 Å². The first-order valence-corrected chi connectivity index (χ1v) is 7.45. The van der Waals surface area contributed by atoms with E-state index in [1.54, 1.807) is 6.07 Å². The van der Waals surface area contributed by atoms with E-state index in [0.29, 0.717) is 29.1 Å². The topological polar surface area (TPSA) is 81.2 Å². The van der Waals surface area contributed by atoms with Crippen LogP contribution in [0.5, 0.6) is 0 Å². The van der Waals surface area contributed by atoms with Crippen LogP contribution in [0.25, 0.3) is 11.1 Å². The lowest BCUT2D eigenvalue weighted by Crippen LogP contribution is -2.26. The van der Waals surface area contributed by atoms with E-state index in [4.69, 9.17) is 4.42 Å². The second-order valence-corrected chi connectivity index (χ2v) is 5.79. The molecule has 6 nitrogen and oxygen atoms in total. The number of nitrogens with one attached hydrogen (secondary N) is 1. The summed E-state index contributed by atoms with van der Waals surface area (Å²) < 4.78 is 5.65. The van der Waals surface area contributed by atoms with Crippen LogP contribution >= 0.6 is 0 Å². The fraction of sp³-hybridized carbons (Fsp3) is 0.533. The minimum absolute atomic E-state index is 0.0326. The molecule has 1 aromatic heterocycles. The minimum Gasteiger partial charge on any atom is -0.424 e. The Bertz CT molecular complexity index is 653. The van der Waals surface area contributed by atoms with Crippen molar-refractivity contribution in [3.63, 3.8) is 0 Å². The van der Waals surface area contributed by atoms with Gasteiger partial charge < -0.3 is 9.73 Å². The molecule has 2 aromatic rings. The number of hydrogen-bond donors (Lipinski definition) is 1. The van der Waals surface area contributed by atoms with Gasteiger partial charge >= 0.3 is 0 Å². The molecule has 1 aliphatic rings. The molecule has 2 unspecified atom stereocenters. The smallest absolute Gasteiger partial charge is 0.295 e. The van der Waals surface area contributed by atoms with Gasteiger partial charge in [-0.2, -0.15) is 4.98 Å². The van der Waals surface area contributed by atoms with Gasteiger partial charge in [0.25, 0.3) is 11.7 Å². The summed E-state index contributed by atoms with van der Waals surface area (Å²) in [5.41, 5.74) is 1.13. The van der Waals surface area contributed by atoms with Gasteiger partial charge in [0.1, 0.15) is 5.52 Å². The molecule has 0 amide bonds. The highest BCUT2D eigenvalue weighted by Gasteiger charge is 2.21. The van der Waals surface area contributed by atoms with Gasteiger partial charge in [0.15, 0.2) is 5.58 Å². The van der Waals surface area contributed by atoms with Crippen molar-refractivity contribution in [3.05, 3.63) is 28.3 Å². The van der Waals surface area contributed by atoms with Crippen LogP contribution in [0.4, 0.5) is 11.7 Å². The Hall–Kier alpha value is -2.11. The minimum atomic E-state index is -0.422. The fourth-order valence-electron chi connectivity index (χ4n) is 2.96. The molecule has 0 radical (unpaired) electrons. The van der Waals surface area contributed by atoms with Gasteiger partial charge in [-0.05, 0) is 24.8 Å². The molecule has 2 atom stereocenters. The lowest BCUT2D eigenvalue weighted by Gasteiger charge is -2.21. The zero-order valence-electron chi connectivity index (χ0n) is 12.0. The average Bonchev–Trinajstić information content (AvgIpc) is 2.75. The van der Waals surface area contributed by atoms with E-state index >= 15 is 0 Å². The number of aromatic nitrogens is 1. The third-order valence-electron chi connectivity index (χ3n) is 4.25. The predicted molar refractivity (Wildman–Crippen MR) is 80.3 cm³/mol. The monoisotopic (exact) mass is 289 g/mol. The molecular formula is C15H19N3O3. The Morgan fingerprint density at radius 3 is 2.95 bits per heavy atom. The number of nitrogens with zero attached hydrogens (tertiary/aromatic N) is 2. The number of benzene rings is 1. The second kappa shape index (κ2) is 5.71. The van der Waals surface area contributed by atoms with Gasteiger partial charge in [0.05, 0.1) is 4.92 Å². The Kier molecular flexibility index (Phi) is 3.77. The Labute approximate surface area is 122 Å². The highest BCUT2D eigenvalue weighted by Crippen LogP contribution is 2.28. The SMILES string of the molecule is CC1CCCCCC1Nc1nc2cc([N+](=O)[O-])ccc2o1. The number of fused-ring (bicyclic) bond motifs is 1. The number of non-ortho nitro benzene ring substituents is 1. The van der Waals surface area contributed by atoms with Crippen molar-refractivity contribution < 1.29 is 9.34 Å². The van der Waals surface area contributed by atoms with E-state index in [1.807, 2.05) is 0 Å². The normalized spacial score (nSPS) is 22.9. The van der Waals surface area contributed by atoms with Gasteiger partial charge in [-0.3, -0.25) is 10.1 Å². The molecule has 1 fully saturated rings. The van der Waals surface area contributed by atoms with Crippen LogP contribution in [-0.2, 0) is 0 Å². The lowest BCUT2D eigenvalue weighted by molar-refractivity contribution is -0.384. The van der Waals surface area contributed by atoms with Gasteiger partial charge in [-0.25, -0.2) is 0 Å². The van der Waals surface area contributed by atoms with Crippen LogP contribution in [0, 0.1) is 16.0 Å². The maximum atomic E-state index is 10.8. The fourth-order valence-corrected chi connectivity index (χ4v) is 2.96. The van der Waals surface area contributed by atoms with E-state index in [-0.39, 0.29) is 5.69 Å². The molecule has 0 spiro atoms. The summed E-state index contributed by atoms with van der Waals surface area (Å²) in [6.07, 6.45) is 6.10. The third kappa shape index (κ3) is 2.99. The van der Waals surface area contributed by atoms with Crippen molar-refractivity contribution in [1.82, 2.24) is 4.98 Å². The molecule has 0 aliphatic heterocycles. The predicted octanol–water partition coefficient (Wildman–Crippen LogP) is 4.12. The van der Waals surface area contributed by atoms with E-state index < -0.39 is 4.92 Å². The van der Waals surface area contributed by atoms with E-state index in [0.717, 1.165) is 6.42 Å². The molecule has 1 saturated carbocycles. The van der Waals surface area contributed by atoms with Crippen molar-refractivity contribution in [3.8, 4) is 0 Å². The maximum absolute atomic E-state index is 10.8. The van der Waals surface area contributed by atoms with Crippen LogP contribution in [0.2, 0.25) is 0 Å². The van der Waals surface area contributed by atoms with Crippen LogP contribution in [0.3, 0.4) is 0 Å². The quantitative estimate of drug-likeness (QED) is 0.522. The van der Waals surface area contributed by atoms with Gasteiger partial charge in [0.2, 0.25) is 0 Å². The largest absolute Gasteiger partial charge is 0.424 e. The molecule has 1 N–H and O–H groups in total. The van der Waals surface area contributed by atoms with Gasteiger partial charge in [0, 0.05) is 18.2 Å². The standard InChI is InChI=1S/C15H19N3O3/c1-10-5-3-2-4-6-12(10)16-15-17-13-9-11(18(19)20)7-8-14(13)21-15/h7-10,12H,2-6H2,1H3,(H,16,17). The highest BCUT2D eigenvalue weighted by molar-refractivity contribution is 5.77. The van der Waals surface area contributed by atoms with Crippen molar-refractivity contribution in [2.75, 3.05) is 5.32 Å². The second-order valence-electron chi connectivity index (χ2n) is 5.79. The maximum Gasteiger partial charge on any atom is 0.295 e. The zero-order valence-corrected chi connectivity index (χ0v) is 12.0. The van der Waals surface area contributed by atoms with Gasteiger partial charge in [-0.1, -0.05) is 26.2 Å². The molecule has 1 aromatic carbocycles. The van der Waals surface area contributed by atoms with E-state index in [2.05, 4.69) is 17.2 Å². The summed E-state index contributed by atoms with van der Waals surface area (Å²) in [5, 5.41) is 14.1. The molecule has 6 heteroatoms. The first kappa shape index (κ1) is 13.9. The molecule has 3 rings (SSSR count). The summed E-state index contributed by atoms with van der Waals surface area (Å²) in [4.78, 5) is 14.7. The summed E-state index contributed by atoms with van der Waals surface area (Å²) >= 11 is 0. The molecular weight excluding hydrogens is 270 g/mol. The number of oxazole rings is 1. The average molecular weight is 289 g/mol. The highest BCUT2D eigenvalue weighted by atomic mass is 16.6. The molecule has 1 aliphatic carbocycles. The van der Waals surface area contributed by atoms with Crippen LogP contribution in [0.15, 0.2) is 22.6 Å². The number of anilines is 1. The zero-order chi connectivity index (χ0) is 14.8. The Balaban J connectivity index is 1.82. The molecule has 0 saturated heterocycles. The molecule has 21 heavy (non-hydrogen) atoms. The number of hydrogen-bond acceptors (Lipinski definition) is 5. The summed E-state index contributed by atoms with van der Waals surface area (Å²) in [6.45, 7) is 2.25. The van der Waals surface area contributed by atoms with Crippen molar-refractivity contribution in [2.45, 2.75) is 45.1 Å². The Morgan fingerprint density at radius 2 is 2.14 bits per heavy atom. The van der Waals surface area contributed by atoms with Crippen LogP contribution in [-0.4, -0.2) is 15.9 Å². The number of rotatable bonds is 3. The summed E-state index contributed by atoms with van der Waals surface area (Å²) in [6, 6.07) is 5.30. The van der Waals surface area contributed by atoms with Gasteiger partial charge in [-0.15, -0.1) is 0 Å². The molecule has 0 bridgehead atoms. The molecule has 112 valence electrons. The number of nitro benzene ring substituents is 1. The van der Waals surface area contributed by atoms with Crippen LogP contribution < -0.4 is 5.32 Å². The first-order valence-electron chi connectivity index (χ1n) is 7.45. The Morgan fingerprint density at radius 1 is 1.33 bits per heavy atom. The summed E-state index contributed by atoms with van der Waals surface area (Å²) in [7, 11) is 0. The first-order chi connectivity index (χ1) is 10.1. The van der Waals surface area contributed by atoms with E-state index in [9.17, 15) is 10.1 Å². The van der Waals surface area contributed by atoms with Crippen LogP contribution in [0.1, 0.15) is 39.0 Å². The summed E-state index contributed by atoms with van der Waals surface area (Å²) in [5.74, 6) is 0.580.